The van der Waals surface area contributed by atoms with Gasteiger partial charge in [0.05, 0.1) is 17.3 Å². The Balaban J connectivity index is 1.79. The summed E-state index contributed by atoms with van der Waals surface area (Å²) < 4.78 is 1.60. The molecule has 0 spiro atoms. The van der Waals surface area contributed by atoms with Gasteiger partial charge in [0, 0.05) is 28.7 Å². The molecule has 1 N–H and O–H groups in total. The molecule has 3 heterocycles. The third-order valence-electron chi connectivity index (χ3n) is 4.19. The summed E-state index contributed by atoms with van der Waals surface area (Å²) in [5.74, 6) is 0.232. The van der Waals surface area contributed by atoms with Crippen molar-refractivity contribution in [3.63, 3.8) is 0 Å². The van der Waals surface area contributed by atoms with Crippen LogP contribution in [0, 0.1) is 19.8 Å². The molecule has 2 aromatic heterocycles. The molecule has 0 radical (unpaired) electrons. The fourth-order valence-electron chi connectivity index (χ4n) is 2.49. The SMILES string of the molecule is Cc1nc(NC(=O)C2CSc3nc(C(C)(C)C)cc(=O)n3C2)sc1C. The molecule has 3 rings (SSSR count). The number of fused-ring (bicyclic) bond motifs is 1. The Bertz CT molecular complexity index is 860. The fraction of sp³-hybridized carbons (Fsp3) is 0.529. The number of hydrogen-bond donors (Lipinski definition) is 1. The van der Waals surface area contributed by atoms with E-state index in [1.165, 1.54) is 23.1 Å². The second-order valence-electron chi connectivity index (χ2n) is 7.28. The lowest BCUT2D eigenvalue weighted by Gasteiger charge is -2.26. The van der Waals surface area contributed by atoms with E-state index in [4.69, 9.17) is 0 Å². The number of hydrogen-bond acceptors (Lipinski definition) is 6. The Morgan fingerprint density at radius 1 is 1.32 bits per heavy atom. The average molecular weight is 379 g/mol. The van der Waals surface area contributed by atoms with Gasteiger partial charge in [0.25, 0.3) is 5.56 Å². The van der Waals surface area contributed by atoms with Crippen LogP contribution in [0.25, 0.3) is 0 Å². The third-order valence-corrected chi connectivity index (χ3v) is 6.31. The average Bonchev–Trinajstić information content (AvgIpc) is 2.83. The molecule has 1 unspecified atom stereocenters. The number of carbonyl (C=O) groups excluding carboxylic acids is 1. The number of carbonyl (C=O) groups is 1. The van der Waals surface area contributed by atoms with Crippen LogP contribution in [-0.2, 0) is 16.8 Å². The minimum atomic E-state index is -0.276. The number of anilines is 1. The zero-order chi connectivity index (χ0) is 18.4. The highest BCUT2D eigenvalue weighted by molar-refractivity contribution is 7.99. The van der Waals surface area contributed by atoms with E-state index in [0.717, 1.165) is 16.3 Å². The highest BCUT2D eigenvalue weighted by atomic mass is 32.2. The van der Waals surface area contributed by atoms with Crippen molar-refractivity contribution in [1.82, 2.24) is 14.5 Å². The van der Waals surface area contributed by atoms with Crippen molar-refractivity contribution >= 4 is 34.1 Å². The third kappa shape index (κ3) is 3.79. The van der Waals surface area contributed by atoms with E-state index in [2.05, 4.69) is 15.3 Å². The van der Waals surface area contributed by atoms with Crippen molar-refractivity contribution in [2.24, 2.45) is 5.92 Å². The molecule has 0 fully saturated rings. The van der Waals surface area contributed by atoms with Crippen LogP contribution in [0.1, 0.15) is 37.0 Å². The first-order valence-corrected chi connectivity index (χ1v) is 9.95. The Morgan fingerprint density at radius 3 is 2.64 bits per heavy atom. The molecule has 0 aromatic carbocycles. The molecular formula is C17H22N4O2S2. The molecule has 134 valence electrons. The number of amides is 1. The number of thioether (sulfide) groups is 1. The quantitative estimate of drug-likeness (QED) is 0.813. The number of aromatic nitrogens is 3. The van der Waals surface area contributed by atoms with Gasteiger partial charge in [-0.3, -0.25) is 14.2 Å². The fourth-order valence-corrected chi connectivity index (χ4v) is 4.40. The van der Waals surface area contributed by atoms with Crippen molar-refractivity contribution in [2.45, 2.75) is 51.7 Å². The van der Waals surface area contributed by atoms with Crippen LogP contribution in [0.3, 0.4) is 0 Å². The lowest BCUT2D eigenvalue weighted by molar-refractivity contribution is -0.119. The number of rotatable bonds is 2. The summed E-state index contributed by atoms with van der Waals surface area (Å²) >= 11 is 2.93. The largest absolute Gasteiger partial charge is 0.302 e. The highest BCUT2D eigenvalue weighted by Crippen LogP contribution is 2.29. The standard InChI is InChI=1S/C17H22N4O2S2/c1-9-10(2)25-15(18-9)20-14(23)11-7-21-13(22)6-12(17(3,4)5)19-16(21)24-8-11/h6,11H,7-8H2,1-5H3,(H,18,20,23). The van der Waals surface area contributed by atoms with Gasteiger partial charge in [-0.2, -0.15) is 0 Å². The van der Waals surface area contributed by atoms with E-state index in [9.17, 15) is 9.59 Å². The van der Waals surface area contributed by atoms with Crippen LogP contribution >= 0.6 is 23.1 Å². The predicted octanol–water partition coefficient (Wildman–Crippen LogP) is 2.97. The second-order valence-corrected chi connectivity index (χ2v) is 9.47. The van der Waals surface area contributed by atoms with Gasteiger partial charge >= 0.3 is 0 Å². The molecular weight excluding hydrogens is 356 g/mol. The summed E-state index contributed by atoms with van der Waals surface area (Å²) in [6.45, 7) is 10.4. The lowest BCUT2D eigenvalue weighted by Crippen LogP contribution is -2.37. The monoisotopic (exact) mass is 378 g/mol. The molecule has 0 saturated heterocycles. The molecule has 2 aromatic rings. The van der Waals surface area contributed by atoms with Crippen molar-refractivity contribution in [2.75, 3.05) is 11.1 Å². The Hall–Kier alpha value is -1.67. The smallest absolute Gasteiger partial charge is 0.254 e. The number of nitrogens with one attached hydrogen (secondary N) is 1. The Kier molecular flexibility index (Phi) is 4.76. The number of thiazole rings is 1. The van der Waals surface area contributed by atoms with Gasteiger partial charge < -0.3 is 5.32 Å². The Morgan fingerprint density at radius 2 is 2.04 bits per heavy atom. The van der Waals surface area contributed by atoms with E-state index < -0.39 is 0 Å². The highest BCUT2D eigenvalue weighted by Gasteiger charge is 2.29. The lowest BCUT2D eigenvalue weighted by atomic mass is 9.92. The molecule has 0 bridgehead atoms. The summed E-state index contributed by atoms with van der Waals surface area (Å²) in [6, 6.07) is 1.58. The van der Waals surface area contributed by atoms with Crippen LogP contribution in [0.15, 0.2) is 16.0 Å². The topological polar surface area (TPSA) is 76.9 Å². The van der Waals surface area contributed by atoms with Crippen molar-refractivity contribution < 1.29 is 4.79 Å². The number of nitrogens with zero attached hydrogens (tertiary/aromatic N) is 3. The first-order valence-electron chi connectivity index (χ1n) is 8.15. The van der Waals surface area contributed by atoms with Gasteiger partial charge in [-0.15, -0.1) is 11.3 Å². The van der Waals surface area contributed by atoms with Crippen LogP contribution in [0.2, 0.25) is 0 Å². The van der Waals surface area contributed by atoms with Gasteiger partial charge in [0.2, 0.25) is 5.91 Å². The van der Waals surface area contributed by atoms with Crippen LogP contribution in [0.5, 0.6) is 0 Å². The molecule has 1 atom stereocenters. The van der Waals surface area contributed by atoms with Gasteiger partial charge in [-0.1, -0.05) is 32.5 Å². The predicted molar refractivity (Wildman–Crippen MR) is 102 cm³/mol. The molecule has 6 nitrogen and oxygen atoms in total. The zero-order valence-corrected chi connectivity index (χ0v) is 16.7. The summed E-state index contributed by atoms with van der Waals surface area (Å²) in [6.07, 6.45) is 0. The zero-order valence-electron chi connectivity index (χ0n) is 15.0. The van der Waals surface area contributed by atoms with Crippen molar-refractivity contribution in [3.8, 4) is 0 Å². The molecule has 1 aliphatic rings. The summed E-state index contributed by atoms with van der Waals surface area (Å²) in [7, 11) is 0. The molecule has 25 heavy (non-hydrogen) atoms. The number of aryl methyl sites for hydroxylation is 2. The first-order chi connectivity index (χ1) is 11.6. The minimum Gasteiger partial charge on any atom is -0.302 e. The molecule has 8 heteroatoms. The first kappa shape index (κ1) is 18.1. The second kappa shape index (κ2) is 6.57. The maximum atomic E-state index is 12.5. The summed E-state index contributed by atoms with van der Waals surface area (Å²) in [4.78, 5) is 35.1. The molecule has 0 saturated carbocycles. The Labute approximate surface area is 155 Å². The molecule has 1 aliphatic heterocycles. The maximum absolute atomic E-state index is 12.5. The van der Waals surface area contributed by atoms with Gasteiger partial charge in [-0.05, 0) is 13.8 Å². The van der Waals surface area contributed by atoms with E-state index in [1.807, 2.05) is 34.6 Å². The van der Waals surface area contributed by atoms with Crippen molar-refractivity contribution in [1.29, 1.82) is 0 Å². The van der Waals surface area contributed by atoms with E-state index >= 15 is 0 Å². The van der Waals surface area contributed by atoms with E-state index in [1.54, 1.807) is 10.6 Å². The van der Waals surface area contributed by atoms with E-state index in [-0.39, 0.29) is 22.8 Å². The normalized spacial score (nSPS) is 17.2. The van der Waals surface area contributed by atoms with Crippen LogP contribution in [0.4, 0.5) is 5.13 Å². The summed E-state index contributed by atoms with van der Waals surface area (Å²) in [5, 5.41) is 4.19. The van der Waals surface area contributed by atoms with Gasteiger partial charge in [0.15, 0.2) is 10.3 Å². The van der Waals surface area contributed by atoms with E-state index in [0.29, 0.717) is 22.6 Å². The summed E-state index contributed by atoms with van der Waals surface area (Å²) in [5.41, 5.74) is 1.44. The minimum absolute atomic E-state index is 0.0964. The van der Waals surface area contributed by atoms with Gasteiger partial charge in [-0.25, -0.2) is 9.97 Å². The van der Waals surface area contributed by atoms with Crippen LogP contribution in [-0.4, -0.2) is 26.2 Å². The maximum Gasteiger partial charge on any atom is 0.254 e. The van der Waals surface area contributed by atoms with Gasteiger partial charge in [0.1, 0.15) is 0 Å². The van der Waals surface area contributed by atoms with Crippen LogP contribution < -0.4 is 10.9 Å². The molecule has 1 amide bonds. The van der Waals surface area contributed by atoms with Crippen molar-refractivity contribution in [3.05, 3.63) is 32.7 Å². The molecule has 0 aliphatic carbocycles.